The van der Waals surface area contributed by atoms with Gasteiger partial charge in [-0.25, -0.2) is 4.98 Å². The number of H-pyrrole nitrogens is 1. The number of benzene rings is 1. The molecule has 1 N–H and O–H groups in total. The molecule has 3 heteroatoms. The van der Waals surface area contributed by atoms with Gasteiger partial charge in [0.25, 0.3) is 5.56 Å². The number of aryl methyl sites for hydroxylation is 1. The van der Waals surface area contributed by atoms with Crippen LogP contribution in [-0.2, 0) is 0 Å². The van der Waals surface area contributed by atoms with Crippen molar-refractivity contribution >= 4 is 0 Å². The zero-order valence-corrected chi connectivity index (χ0v) is 12.7. The van der Waals surface area contributed by atoms with E-state index in [1.807, 2.05) is 65.0 Å². The summed E-state index contributed by atoms with van der Waals surface area (Å²) in [6, 6.07) is 9.62. The third-order valence-electron chi connectivity index (χ3n) is 2.44. The average molecular weight is 260 g/mol. The molecule has 0 saturated carbocycles. The maximum Gasteiger partial charge on any atom is 0.254 e. The fraction of sp³-hybridized carbons (Fsp3) is 0.375. The first-order chi connectivity index (χ1) is 9.18. The van der Waals surface area contributed by atoms with Gasteiger partial charge in [-0.3, -0.25) is 4.79 Å². The largest absolute Gasteiger partial charge is 0.306 e. The van der Waals surface area contributed by atoms with E-state index in [9.17, 15) is 4.79 Å². The van der Waals surface area contributed by atoms with Gasteiger partial charge in [0.2, 0.25) is 0 Å². The number of hydrogen-bond donors (Lipinski definition) is 1. The van der Waals surface area contributed by atoms with Crippen molar-refractivity contribution in [3.8, 4) is 11.4 Å². The summed E-state index contributed by atoms with van der Waals surface area (Å²) in [5.74, 6) is 0.628. The third-order valence-corrected chi connectivity index (χ3v) is 2.44. The average Bonchev–Trinajstić information content (AvgIpc) is 2.49. The predicted octanol–water partition coefficient (Wildman–Crippen LogP) is 4.11. The van der Waals surface area contributed by atoms with Crippen molar-refractivity contribution in [1.29, 1.82) is 0 Å². The fourth-order valence-corrected chi connectivity index (χ4v) is 1.38. The Balaban J connectivity index is 0.000000741. The molecule has 0 unspecified atom stereocenters. The quantitative estimate of drug-likeness (QED) is 0.838. The van der Waals surface area contributed by atoms with Crippen molar-refractivity contribution in [2.45, 2.75) is 41.5 Å². The van der Waals surface area contributed by atoms with E-state index in [0.717, 1.165) is 11.3 Å². The van der Waals surface area contributed by atoms with Gasteiger partial charge < -0.3 is 4.98 Å². The second-order valence-electron chi connectivity index (χ2n) is 3.49. The monoisotopic (exact) mass is 260 g/mol. The molecule has 0 atom stereocenters. The minimum Gasteiger partial charge on any atom is -0.306 e. The number of nitrogens with one attached hydrogen (secondary N) is 1. The molecule has 0 amide bonds. The van der Waals surface area contributed by atoms with E-state index in [4.69, 9.17) is 0 Å². The van der Waals surface area contributed by atoms with Crippen LogP contribution in [-0.4, -0.2) is 9.97 Å². The molecule has 0 aliphatic heterocycles. The molecule has 0 saturated heterocycles. The van der Waals surface area contributed by atoms with Gasteiger partial charge in [-0.2, -0.15) is 0 Å². The summed E-state index contributed by atoms with van der Waals surface area (Å²) in [4.78, 5) is 18.7. The molecule has 0 spiro atoms. The second-order valence-corrected chi connectivity index (χ2v) is 3.49. The van der Waals surface area contributed by atoms with E-state index in [2.05, 4.69) is 9.97 Å². The highest BCUT2D eigenvalue weighted by molar-refractivity contribution is 5.54. The van der Waals surface area contributed by atoms with Crippen molar-refractivity contribution in [2.75, 3.05) is 0 Å². The summed E-state index contributed by atoms with van der Waals surface area (Å²) < 4.78 is 0. The van der Waals surface area contributed by atoms with Gasteiger partial charge in [0.05, 0.1) is 0 Å². The van der Waals surface area contributed by atoms with Crippen molar-refractivity contribution in [3.05, 3.63) is 51.9 Å². The summed E-state index contributed by atoms with van der Waals surface area (Å²) >= 11 is 0. The van der Waals surface area contributed by atoms with Crippen LogP contribution in [0.15, 0.2) is 35.1 Å². The van der Waals surface area contributed by atoms with Crippen LogP contribution in [0.2, 0.25) is 0 Å². The van der Waals surface area contributed by atoms with Gasteiger partial charge in [0, 0.05) is 16.8 Å². The van der Waals surface area contributed by atoms with E-state index in [0.29, 0.717) is 11.4 Å². The van der Waals surface area contributed by atoms with E-state index >= 15 is 0 Å². The molecular weight excluding hydrogens is 236 g/mol. The smallest absolute Gasteiger partial charge is 0.254 e. The first-order valence-corrected chi connectivity index (χ1v) is 6.81. The molecule has 2 aromatic rings. The Hall–Kier alpha value is -1.90. The third kappa shape index (κ3) is 4.70. The van der Waals surface area contributed by atoms with Crippen molar-refractivity contribution < 1.29 is 0 Å². The highest BCUT2D eigenvalue weighted by Crippen LogP contribution is 2.12. The Morgan fingerprint density at radius 3 is 1.95 bits per heavy atom. The lowest BCUT2D eigenvalue weighted by atomic mass is 10.2. The number of rotatable bonds is 1. The number of hydrogen-bond acceptors (Lipinski definition) is 2. The van der Waals surface area contributed by atoms with Crippen LogP contribution in [0, 0.1) is 13.8 Å². The van der Waals surface area contributed by atoms with Crippen LogP contribution >= 0.6 is 0 Å². The molecule has 0 aliphatic carbocycles. The lowest BCUT2D eigenvalue weighted by Crippen LogP contribution is -2.14. The Morgan fingerprint density at radius 1 is 0.947 bits per heavy atom. The fourth-order valence-electron chi connectivity index (χ4n) is 1.38. The highest BCUT2D eigenvalue weighted by atomic mass is 16.1. The molecule has 1 aromatic heterocycles. The van der Waals surface area contributed by atoms with Gasteiger partial charge in [-0.15, -0.1) is 0 Å². The molecule has 3 nitrogen and oxygen atoms in total. The number of nitrogens with zero attached hydrogens (tertiary/aromatic N) is 1. The van der Waals surface area contributed by atoms with Crippen LogP contribution in [0.25, 0.3) is 11.4 Å². The van der Waals surface area contributed by atoms with Gasteiger partial charge in [0.1, 0.15) is 5.82 Å². The van der Waals surface area contributed by atoms with Gasteiger partial charge in [-0.1, -0.05) is 58.0 Å². The zero-order valence-electron chi connectivity index (χ0n) is 12.7. The predicted molar refractivity (Wildman–Crippen MR) is 82.5 cm³/mol. The van der Waals surface area contributed by atoms with Gasteiger partial charge in [0.15, 0.2) is 0 Å². The van der Waals surface area contributed by atoms with E-state index < -0.39 is 0 Å². The summed E-state index contributed by atoms with van der Waals surface area (Å²) in [5.41, 5.74) is 2.31. The Bertz CT molecular complexity index is 530. The van der Waals surface area contributed by atoms with Crippen molar-refractivity contribution in [2.24, 2.45) is 0 Å². The van der Waals surface area contributed by atoms with Gasteiger partial charge >= 0.3 is 0 Å². The summed E-state index contributed by atoms with van der Waals surface area (Å²) in [6.45, 7) is 11.6. The van der Waals surface area contributed by atoms with Crippen molar-refractivity contribution in [3.63, 3.8) is 0 Å². The SMILES string of the molecule is CC.CC.Cc1nc(-c2ccccc2)[nH]c(=O)c1C. The summed E-state index contributed by atoms with van der Waals surface area (Å²) in [5, 5.41) is 0. The maximum atomic E-state index is 11.5. The minimum absolute atomic E-state index is 0.0682. The van der Waals surface area contributed by atoms with Crippen LogP contribution in [0.4, 0.5) is 0 Å². The second kappa shape index (κ2) is 9.09. The molecule has 0 aliphatic rings. The lowest BCUT2D eigenvalue weighted by Gasteiger charge is -2.03. The highest BCUT2D eigenvalue weighted by Gasteiger charge is 2.04. The topological polar surface area (TPSA) is 45.8 Å². The lowest BCUT2D eigenvalue weighted by molar-refractivity contribution is 1.03. The van der Waals surface area contributed by atoms with Crippen LogP contribution in [0.5, 0.6) is 0 Å². The molecule has 0 radical (unpaired) electrons. The molecular formula is C16H24N2O. The molecule has 19 heavy (non-hydrogen) atoms. The first-order valence-electron chi connectivity index (χ1n) is 6.81. The van der Waals surface area contributed by atoms with E-state index in [1.165, 1.54) is 0 Å². The van der Waals surface area contributed by atoms with Gasteiger partial charge in [-0.05, 0) is 13.8 Å². The van der Waals surface area contributed by atoms with Crippen LogP contribution in [0.1, 0.15) is 39.0 Å². The zero-order chi connectivity index (χ0) is 14.8. The normalized spacial score (nSPS) is 8.74. The first kappa shape index (κ1) is 17.1. The number of aromatic nitrogens is 2. The molecule has 1 heterocycles. The molecule has 104 valence electrons. The molecule has 2 rings (SSSR count). The van der Waals surface area contributed by atoms with E-state index in [1.54, 1.807) is 6.92 Å². The Kier molecular flexibility index (Phi) is 8.18. The Morgan fingerprint density at radius 2 is 1.47 bits per heavy atom. The van der Waals surface area contributed by atoms with Crippen LogP contribution < -0.4 is 5.56 Å². The number of aromatic amines is 1. The Labute approximate surface area is 115 Å². The standard InChI is InChI=1S/C12H12N2O.2C2H6/c1-8-9(2)13-11(14-12(8)15)10-6-4-3-5-7-10;2*1-2/h3-7H,1-2H3,(H,13,14,15);2*1-2H3. The molecule has 0 fully saturated rings. The van der Waals surface area contributed by atoms with Crippen LogP contribution in [0.3, 0.4) is 0 Å². The molecule has 1 aromatic carbocycles. The van der Waals surface area contributed by atoms with E-state index in [-0.39, 0.29) is 5.56 Å². The minimum atomic E-state index is -0.0682. The van der Waals surface area contributed by atoms with Crippen molar-refractivity contribution in [1.82, 2.24) is 9.97 Å². The summed E-state index contributed by atoms with van der Waals surface area (Å²) in [6.07, 6.45) is 0. The maximum absolute atomic E-state index is 11.5. The molecule has 0 bridgehead atoms. The summed E-state index contributed by atoms with van der Waals surface area (Å²) in [7, 11) is 0.